The average molecular weight is 399 g/mol. The van der Waals surface area contributed by atoms with E-state index >= 15 is 0 Å². The second kappa shape index (κ2) is 8.01. The summed E-state index contributed by atoms with van der Waals surface area (Å²) in [6, 6.07) is 4.46. The van der Waals surface area contributed by atoms with E-state index < -0.39 is 27.7 Å². The largest absolute Gasteiger partial charge is 0.444 e. The molecule has 0 aromatic heterocycles. The van der Waals surface area contributed by atoms with Gasteiger partial charge in [-0.25, -0.2) is 4.79 Å². The zero-order chi connectivity index (χ0) is 20.2. The van der Waals surface area contributed by atoms with Crippen LogP contribution in [0.15, 0.2) is 23.3 Å². The topological polar surface area (TPSA) is 116 Å². The van der Waals surface area contributed by atoms with Crippen LogP contribution >= 0.6 is 0 Å². The first-order valence-electron chi connectivity index (χ1n) is 8.31. The van der Waals surface area contributed by atoms with Crippen LogP contribution in [-0.2, 0) is 20.7 Å². The number of azide groups is 1. The van der Waals surface area contributed by atoms with E-state index in [-0.39, 0.29) is 11.3 Å². The van der Waals surface area contributed by atoms with Gasteiger partial charge in [0.1, 0.15) is 11.4 Å². The van der Waals surface area contributed by atoms with Crippen molar-refractivity contribution in [2.75, 3.05) is 31.1 Å². The highest BCUT2D eigenvalue weighted by molar-refractivity contribution is 7.85. The van der Waals surface area contributed by atoms with E-state index in [9.17, 15) is 17.1 Å². The molecule has 27 heavy (non-hydrogen) atoms. The van der Waals surface area contributed by atoms with Gasteiger partial charge in [0.25, 0.3) is 0 Å². The van der Waals surface area contributed by atoms with Crippen molar-refractivity contribution < 1.29 is 21.8 Å². The van der Waals surface area contributed by atoms with Gasteiger partial charge in [0, 0.05) is 42.5 Å². The molecule has 2 rings (SSSR count). The standard InChI is InChI=1S/C16H22FN5O4S/c1-16(2,3)26-15(23)22-6-4-21(5-7-22)14-9-12(11-27(17,24)25)8-13(10-14)19-20-18/h8-10H,4-7,11H2,1-3H3. The first kappa shape index (κ1) is 20.8. The van der Waals surface area contributed by atoms with Gasteiger partial charge in [0.05, 0.1) is 0 Å². The van der Waals surface area contributed by atoms with Crippen LogP contribution in [0.25, 0.3) is 10.4 Å². The minimum atomic E-state index is -4.72. The lowest BCUT2D eigenvalue weighted by molar-refractivity contribution is 0.0240. The molecule has 1 aromatic rings. The van der Waals surface area contributed by atoms with Gasteiger partial charge in [-0.3, -0.25) is 0 Å². The molecule has 0 saturated carbocycles. The minimum absolute atomic E-state index is 0.187. The van der Waals surface area contributed by atoms with Crippen molar-refractivity contribution >= 4 is 27.7 Å². The summed E-state index contributed by atoms with van der Waals surface area (Å²) in [6.07, 6.45) is -0.394. The predicted molar refractivity (Wildman–Crippen MR) is 99.0 cm³/mol. The second-order valence-electron chi connectivity index (χ2n) is 7.18. The quantitative estimate of drug-likeness (QED) is 0.333. The van der Waals surface area contributed by atoms with Gasteiger partial charge in [-0.1, -0.05) is 5.11 Å². The van der Waals surface area contributed by atoms with Crippen LogP contribution in [-0.4, -0.2) is 51.2 Å². The SMILES string of the molecule is CC(C)(C)OC(=O)N1CCN(c2cc(CS(=O)(=O)F)cc(N=[N+]=[N-])c2)CC1. The Morgan fingerprint density at radius 1 is 1.26 bits per heavy atom. The van der Waals surface area contributed by atoms with E-state index in [0.717, 1.165) is 0 Å². The molecular formula is C16H22FN5O4S. The van der Waals surface area contributed by atoms with Crippen LogP contribution < -0.4 is 4.90 Å². The number of nitrogens with zero attached hydrogens (tertiary/aromatic N) is 5. The summed E-state index contributed by atoms with van der Waals surface area (Å²) >= 11 is 0. The molecule has 1 fully saturated rings. The zero-order valence-corrected chi connectivity index (χ0v) is 16.2. The van der Waals surface area contributed by atoms with Crippen LogP contribution in [0.2, 0.25) is 0 Å². The molecule has 0 spiro atoms. The zero-order valence-electron chi connectivity index (χ0n) is 15.4. The highest BCUT2D eigenvalue weighted by atomic mass is 32.3. The van der Waals surface area contributed by atoms with Crippen LogP contribution in [0.5, 0.6) is 0 Å². The maximum atomic E-state index is 13.0. The molecule has 0 bridgehead atoms. The average Bonchev–Trinajstić information content (AvgIpc) is 2.52. The van der Waals surface area contributed by atoms with Crippen LogP contribution in [0.4, 0.5) is 20.1 Å². The lowest BCUT2D eigenvalue weighted by Gasteiger charge is -2.37. The third-order valence-electron chi connectivity index (χ3n) is 3.76. The van der Waals surface area contributed by atoms with Gasteiger partial charge in [-0.05, 0) is 50.1 Å². The normalized spacial score (nSPS) is 15.3. The fourth-order valence-corrected chi connectivity index (χ4v) is 3.27. The molecule has 1 aromatic carbocycles. The van der Waals surface area contributed by atoms with Gasteiger partial charge in [-0.15, -0.1) is 3.89 Å². The summed E-state index contributed by atoms with van der Waals surface area (Å²) in [4.78, 5) is 18.3. The lowest BCUT2D eigenvalue weighted by Crippen LogP contribution is -2.50. The molecule has 0 aliphatic carbocycles. The van der Waals surface area contributed by atoms with Gasteiger partial charge in [-0.2, -0.15) is 8.42 Å². The van der Waals surface area contributed by atoms with Crippen molar-refractivity contribution in [1.82, 2.24) is 4.90 Å². The summed E-state index contributed by atoms with van der Waals surface area (Å²) in [5.74, 6) is -0.799. The summed E-state index contributed by atoms with van der Waals surface area (Å²) in [6.45, 7) is 7.16. The smallest absolute Gasteiger partial charge is 0.410 e. The molecular weight excluding hydrogens is 377 g/mol. The Hall–Kier alpha value is -2.52. The number of carbonyl (C=O) groups is 1. The molecule has 0 N–H and O–H groups in total. The molecule has 0 radical (unpaired) electrons. The molecule has 11 heteroatoms. The first-order chi connectivity index (χ1) is 12.5. The predicted octanol–water partition coefficient (Wildman–Crippen LogP) is 3.48. The number of benzene rings is 1. The van der Waals surface area contributed by atoms with E-state index in [1.54, 1.807) is 31.7 Å². The Kier molecular flexibility index (Phi) is 6.17. The van der Waals surface area contributed by atoms with Crippen molar-refractivity contribution in [2.45, 2.75) is 32.1 Å². The lowest BCUT2D eigenvalue weighted by atomic mass is 10.1. The van der Waals surface area contributed by atoms with Crippen LogP contribution in [0.1, 0.15) is 26.3 Å². The Bertz CT molecular complexity index is 854. The third kappa shape index (κ3) is 6.61. The summed E-state index contributed by atoms with van der Waals surface area (Å²) in [5, 5.41) is 3.49. The van der Waals surface area contributed by atoms with Crippen molar-refractivity contribution in [2.24, 2.45) is 5.11 Å². The third-order valence-corrected chi connectivity index (χ3v) is 4.44. The van der Waals surface area contributed by atoms with E-state index in [4.69, 9.17) is 10.3 Å². The van der Waals surface area contributed by atoms with Crippen molar-refractivity contribution in [3.8, 4) is 0 Å². The van der Waals surface area contributed by atoms with Crippen molar-refractivity contribution in [1.29, 1.82) is 0 Å². The molecule has 1 heterocycles. The number of ether oxygens (including phenoxy) is 1. The Labute approximate surface area is 157 Å². The number of carbonyl (C=O) groups excluding carboxylic acids is 1. The number of hydrogen-bond donors (Lipinski definition) is 0. The van der Waals surface area contributed by atoms with Gasteiger partial charge in [0.15, 0.2) is 0 Å². The van der Waals surface area contributed by atoms with Crippen molar-refractivity contribution in [3.63, 3.8) is 0 Å². The fraction of sp³-hybridized carbons (Fsp3) is 0.562. The van der Waals surface area contributed by atoms with E-state index in [1.165, 1.54) is 12.1 Å². The highest BCUT2D eigenvalue weighted by Gasteiger charge is 2.26. The molecule has 148 valence electrons. The van der Waals surface area contributed by atoms with E-state index in [1.807, 2.05) is 4.90 Å². The maximum Gasteiger partial charge on any atom is 0.410 e. The minimum Gasteiger partial charge on any atom is -0.444 e. The summed E-state index contributed by atoms with van der Waals surface area (Å²) in [5.41, 5.74) is 9.03. The Morgan fingerprint density at radius 2 is 1.89 bits per heavy atom. The highest BCUT2D eigenvalue weighted by Crippen LogP contribution is 2.27. The van der Waals surface area contributed by atoms with E-state index in [2.05, 4.69) is 10.0 Å². The van der Waals surface area contributed by atoms with Crippen LogP contribution in [0.3, 0.4) is 0 Å². The monoisotopic (exact) mass is 399 g/mol. The fourth-order valence-electron chi connectivity index (χ4n) is 2.70. The van der Waals surface area contributed by atoms with Gasteiger partial charge in [0.2, 0.25) is 0 Å². The molecule has 0 atom stereocenters. The number of amides is 1. The molecule has 9 nitrogen and oxygen atoms in total. The number of piperazine rings is 1. The molecule has 1 aliphatic rings. The number of halogens is 1. The summed E-state index contributed by atoms with van der Waals surface area (Å²) < 4.78 is 40.3. The van der Waals surface area contributed by atoms with E-state index in [0.29, 0.717) is 31.9 Å². The van der Waals surface area contributed by atoms with Gasteiger partial charge < -0.3 is 14.5 Å². The Morgan fingerprint density at radius 3 is 2.41 bits per heavy atom. The number of anilines is 1. The maximum absolute atomic E-state index is 13.0. The van der Waals surface area contributed by atoms with Gasteiger partial charge >= 0.3 is 16.3 Å². The van der Waals surface area contributed by atoms with Crippen molar-refractivity contribution in [3.05, 3.63) is 34.2 Å². The number of rotatable bonds is 4. The molecule has 0 unspecified atom stereocenters. The number of hydrogen-bond acceptors (Lipinski definition) is 6. The second-order valence-corrected chi connectivity index (χ2v) is 8.55. The molecule has 1 saturated heterocycles. The van der Waals surface area contributed by atoms with Crippen LogP contribution in [0, 0.1) is 0 Å². The summed E-state index contributed by atoms with van der Waals surface area (Å²) in [7, 11) is -4.72. The molecule has 1 aliphatic heterocycles. The molecule has 1 amide bonds. The Balaban J connectivity index is 2.14. The first-order valence-corrected chi connectivity index (χ1v) is 9.86.